The molecule has 382 valence electrons. The van der Waals surface area contributed by atoms with Crippen LogP contribution in [0.25, 0.3) is 155 Å². The first-order valence-corrected chi connectivity index (χ1v) is 28.0. The molecule has 0 saturated heterocycles. The molecule has 6 heteroatoms. The molecule has 0 radical (unpaired) electrons. The van der Waals surface area contributed by atoms with Gasteiger partial charge in [-0.3, -0.25) is 0 Å². The number of fused-ring (bicyclic) bond motifs is 12. The molecule has 0 aliphatic rings. The Kier molecular flexibility index (Phi) is 10.2. The minimum absolute atomic E-state index is 0.638. The number of aromatic nitrogens is 6. The molecular formula is C76H48N6. The van der Waals surface area contributed by atoms with Crippen LogP contribution in [0.4, 0.5) is 0 Å². The Morgan fingerprint density at radius 3 is 1.00 bits per heavy atom. The summed E-state index contributed by atoms with van der Waals surface area (Å²) in [6.45, 7) is 0. The zero-order valence-electron chi connectivity index (χ0n) is 44.4. The lowest BCUT2D eigenvalue weighted by molar-refractivity contribution is 1.14. The van der Waals surface area contributed by atoms with Crippen molar-refractivity contribution in [2.75, 3.05) is 0 Å². The van der Waals surface area contributed by atoms with Gasteiger partial charge in [0.2, 0.25) is 0 Å². The van der Waals surface area contributed by atoms with E-state index in [1.165, 1.54) is 59.8 Å². The summed E-state index contributed by atoms with van der Waals surface area (Å²) in [6, 6.07) is 105. The fourth-order valence-corrected chi connectivity index (χ4v) is 13.3. The summed E-state index contributed by atoms with van der Waals surface area (Å²) >= 11 is 0. The van der Waals surface area contributed by atoms with Gasteiger partial charge in [-0.25, -0.2) is 9.97 Å². The van der Waals surface area contributed by atoms with Gasteiger partial charge in [0.25, 0.3) is 0 Å². The maximum Gasteiger partial charge on any atom is 0.161 e. The molecule has 0 atom stereocenters. The summed E-state index contributed by atoms with van der Waals surface area (Å²) in [6.07, 6.45) is 0. The van der Waals surface area contributed by atoms with Crippen LogP contribution in [0.15, 0.2) is 291 Å². The van der Waals surface area contributed by atoms with Crippen molar-refractivity contribution in [3.05, 3.63) is 291 Å². The van der Waals surface area contributed by atoms with E-state index in [2.05, 4.69) is 309 Å². The Morgan fingerprint density at radius 2 is 0.549 bits per heavy atom. The van der Waals surface area contributed by atoms with Crippen LogP contribution in [-0.2, 0) is 0 Å². The summed E-state index contributed by atoms with van der Waals surface area (Å²) in [7, 11) is 0. The van der Waals surface area contributed by atoms with Gasteiger partial charge >= 0.3 is 0 Å². The monoisotopic (exact) mass is 1040 g/mol. The second-order valence-corrected chi connectivity index (χ2v) is 21.3. The highest BCUT2D eigenvalue weighted by atomic mass is 15.0. The van der Waals surface area contributed by atoms with E-state index in [1.54, 1.807) is 0 Å². The van der Waals surface area contributed by atoms with Gasteiger partial charge in [-0.1, -0.05) is 200 Å². The first-order chi connectivity index (χ1) is 40.7. The van der Waals surface area contributed by atoms with E-state index in [1.807, 2.05) is 0 Å². The van der Waals surface area contributed by atoms with Crippen LogP contribution in [0.5, 0.6) is 0 Å². The lowest BCUT2D eigenvalue weighted by Crippen LogP contribution is -2.05. The van der Waals surface area contributed by atoms with Crippen LogP contribution in [-0.4, -0.2) is 28.2 Å². The quantitative estimate of drug-likeness (QED) is 0.152. The van der Waals surface area contributed by atoms with Crippen molar-refractivity contribution in [1.82, 2.24) is 28.2 Å². The van der Waals surface area contributed by atoms with Crippen LogP contribution in [0.1, 0.15) is 0 Å². The summed E-state index contributed by atoms with van der Waals surface area (Å²) in [5.41, 5.74) is 20.2. The van der Waals surface area contributed by atoms with E-state index in [4.69, 9.17) is 9.97 Å². The molecule has 0 amide bonds. The highest BCUT2D eigenvalue weighted by molar-refractivity contribution is 6.15. The number of hydrogen-bond donors (Lipinski definition) is 0. The van der Waals surface area contributed by atoms with Crippen LogP contribution in [0, 0.1) is 0 Å². The Balaban J connectivity index is 0.949. The minimum atomic E-state index is 0.638. The molecule has 0 aliphatic heterocycles. The van der Waals surface area contributed by atoms with Gasteiger partial charge in [0.05, 0.1) is 66.9 Å². The SMILES string of the molecule is c1ccc(-c2cc(-c3ccccc3)nc(-c3cccc(-n4c5ccccc5c5cc(-n6c7ccccc7c7ccccc76)ccc54)c3-c3ccccc3-n3c4ccccc4c4cc(-n5c6ccccc6c6ccccc65)ccc43)n2)cc1. The van der Waals surface area contributed by atoms with E-state index in [0.717, 1.165) is 89.4 Å². The van der Waals surface area contributed by atoms with Gasteiger partial charge in [0.15, 0.2) is 5.82 Å². The fourth-order valence-electron chi connectivity index (χ4n) is 13.3. The molecule has 0 unspecified atom stereocenters. The van der Waals surface area contributed by atoms with Gasteiger partial charge in [0.1, 0.15) is 0 Å². The van der Waals surface area contributed by atoms with Crippen molar-refractivity contribution in [2.24, 2.45) is 0 Å². The van der Waals surface area contributed by atoms with E-state index >= 15 is 0 Å². The Morgan fingerprint density at radius 1 is 0.220 bits per heavy atom. The molecule has 0 spiro atoms. The third-order valence-corrected chi connectivity index (χ3v) is 16.8. The average Bonchev–Trinajstić information content (AvgIpc) is 2.71. The topological polar surface area (TPSA) is 45.5 Å². The summed E-state index contributed by atoms with van der Waals surface area (Å²) in [5, 5.41) is 9.63. The van der Waals surface area contributed by atoms with Crippen LogP contribution < -0.4 is 0 Å². The predicted octanol–water partition coefficient (Wildman–Crippen LogP) is 19.5. The van der Waals surface area contributed by atoms with Crippen molar-refractivity contribution >= 4 is 87.2 Å². The van der Waals surface area contributed by atoms with Crippen molar-refractivity contribution in [3.63, 3.8) is 0 Å². The molecule has 17 rings (SSSR count). The number of benzene rings is 12. The molecule has 0 fully saturated rings. The second kappa shape index (κ2) is 18.2. The summed E-state index contributed by atoms with van der Waals surface area (Å²) in [4.78, 5) is 11.1. The molecular weight excluding hydrogens is 997 g/mol. The lowest BCUT2D eigenvalue weighted by atomic mass is 9.94. The number of rotatable bonds is 8. The summed E-state index contributed by atoms with van der Waals surface area (Å²) in [5.74, 6) is 0.638. The molecule has 6 nitrogen and oxygen atoms in total. The lowest BCUT2D eigenvalue weighted by Gasteiger charge is -2.21. The smallest absolute Gasteiger partial charge is 0.161 e. The van der Waals surface area contributed by atoms with Gasteiger partial charge in [0, 0.05) is 82.3 Å². The predicted molar refractivity (Wildman–Crippen MR) is 341 cm³/mol. The van der Waals surface area contributed by atoms with Crippen LogP contribution >= 0.6 is 0 Å². The van der Waals surface area contributed by atoms with Crippen molar-refractivity contribution in [1.29, 1.82) is 0 Å². The van der Waals surface area contributed by atoms with Crippen molar-refractivity contribution in [2.45, 2.75) is 0 Å². The molecule has 0 bridgehead atoms. The molecule has 17 aromatic rings. The molecule has 5 heterocycles. The highest BCUT2D eigenvalue weighted by Gasteiger charge is 2.26. The fraction of sp³-hybridized carbons (Fsp3) is 0. The maximum atomic E-state index is 5.56. The molecule has 0 saturated carbocycles. The molecule has 0 aliphatic carbocycles. The largest absolute Gasteiger partial charge is 0.309 e. The van der Waals surface area contributed by atoms with Gasteiger partial charge in [-0.2, -0.15) is 0 Å². The van der Waals surface area contributed by atoms with Gasteiger partial charge in [-0.15, -0.1) is 0 Å². The van der Waals surface area contributed by atoms with Crippen molar-refractivity contribution in [3.8, 4) is 67.8 Å². The Labute approximate surface area is 471 Å². The zero-order chi connectivity index (χ0) is 53.8. The Hall–Kier alpha value is -11.1. The van der Waals surface area contributed by atoms with Crippen molar-refractivity contribution < 1.29 is 0 Å². The zero-order valence-corrected chi connectivity index (χ0v) is 44.4. The van der Waals surface area contributed by atoms with Gasteiger partial charge in [-0.05, 0) is 91.0 Å². The first kappa shape index (κ1) is 45.9. The third kappa shape index (κ3) is 6.95. The normalized spacial score (nSPS) is 11.9. The number of hydrogen-bond acceptors (Lipinski definition) is 2. The van der Waals surface area contributed by atoms with E-state index in [9.17, 15) is 0 Å². The van der Waals surface area contributed by atoms with E-state index < -0.39 is 0 Å². The maximum absolute atomic E-state index is 5.56. The molecule has 82 heavy (non-hydrogen) atoms. The highest BCUT2D eigenvalue weighted by Crippen LogP contribution is 2.46. The van der Waals surface area contributed by atoms with Gasteiger partial charge < -0.3 is 18.3 Å². The van der Waals surface area contributed by atoms with Crippen LogP contribution in [0.3, 0.4) is 0 Å². The number of para-hydroxylation sites is 7. The molecule has 5 aromatic heterocycles. The Bertz CT molecular complexity index is 5240. The average molecular weight is 1050 g/mol. The van der Waals surface area contributed by atoms with E-state index in [-0.39, 0.29) is 0 Å². The van der Waals surface area contributed by atoms with Crippen LogP contribution in [0.2, 0.25) is 0 Å². The minimum Gasteiger partial charge on any atom is -0.309 e. The first-order valence-electron chi connectivity index (χ1n) is 28.0. The van der Waals surface area contributed by atoms with E-state index in [0.29, 0.717) is 5.82 Å². The summed E-state index contributed by atoms with van der Waals surface area (Å²) < 4.78 is 9.77. The third-order valence-electron chi connectivity index (χ3n) is 16.8. The number of nitrogens with zero attached hydrogens (tertiary/aromatic N) is 6. The second-order valence-electron chi connectivity index (χ2n) is 21.3. The molecule has 0 N–H and O–H groups in total. The molecule has 12 aromatic carbocycles. The standard InChI is InChI=1S/C76H48N6/c1-3-22-49(23-4-1)63-48-64(50-24-5-2-6-25-50)78-76(77-63)60-33-21-41-74(82-70-39-19-12-31-58(70)62-47-52(43-45-73(62)82)80-67-36-16-9-28-55(67)56-29-10-17-37-68(56)80)75(60)59-32-13-20-40-71(59)81-69-38-18-11-30-57(69)61-46-51(42-44-72(61)81)79-65-34-14-7-26-53(65)54-27-8-15-35-66(54)79/h1-48H.